The van der Waals surface area contributed by atoms with Crippen molar-refractivity contribution in [2.24, 2.45) is 0 Å². The normalized spacial score (nSPS) is 12.3. The summed E-state index contributed by atoms with van der Waals surface area (Å²) in [7, 11) is -3.20. The van der Waals surface area contributed by atoms with Gasteiger partial charge in [-0.05, 0) is 38.1 Å². The van der Waals surface area contributed by atoms with Gasteiger partial charge in [0.15, 0.2) is 0 Å². The van der Waals surface area contributed by atoms with Crippen molar-refractivity contribution in [3.8, 4) is 0 Å². The monoisotopic (exact) mass is 363 g/mol. The van der Waals surface area contributed by atoms with Gasteiger partial charge in [0.1, 0.15) is 0 Å². The van der Waals surface area contributed by atoms with Gasteiger partial charge in [0, 0.05) is 24.7 Å². The summed E-state index contributed by atoms with van der Waals surface area (Å²) in [5.41, 5.74) is 1.38. The molecule has 0 aliphatic carbocycles. The second-order valence-corrected chi connectivity index (χ2v) is 7.19. The molecule has 0 heterocycles. The Morgan fingerprint density at radius 1 is 1.17 bits per heavy atom. The van der Waals surface area contributed by atoms with E-state index in [1.54, 1.807) is 31.2 Å². The predicted molar refractivity (Wildman–Crippen MR) is 95.5 cm³/mol. The smallest absolute Gasteiger partial charge is 0.251 e. The van der Waals surface area contributed by atoms with Gasteiger partial charge in [0.2, 0.25) is 10.0 Å². The molecule has 0 bridgehead atoms. The van der Waals surface area contributed by atoms with Gasteiger partial charge < -0.3 is 10.6 Å². The zero-order valence-electron chi connectivity index (χ0n) is 13.8. The summed E-state index contributed by atoms with van der Waals surface area (Å²) in [5, 5.41) is 6.07. The van der Waals surface area contributed by atoms with E-state index in [0.29, 0.717) is 12.1 Å². The molecular formula is C15H26ClN3O3S. The summed E-state index contributed by atoms with van der Waals surface area (Å²) in [6.45, 7) is 7.26. The van der Waals surface area contributed by atoms with E-state index >= 15 is 0 Å². The number of benzene rings is 1. The average Bonchev–Trinajstić information content (AvgIpc) is 2.51. The molecule has 0 spiro atoms. The number of halogens is 1. The minimum atomic E-state index is -3.20. The molecule has 8 heteroatoms. The molecule has 0 saturated heterocycles. The number of carbonyl (C=O) groups excluding carboxylic acids is 1. The molecule has 0 radical (unpaired) electrons. The summed E-state index contributed by atoms with van der Waals surface area (Å²) < 4.78 is 25.2. The molecular weight excluding hydrogens is 338 g/mol. The Morgan fingerprint density at radius 3 is 2.30 bits per heavy atom. The van der Waals surface area contributed by atoms with E-state index in [2.05, 4.69) is 15.4 Å². The van der Waals surface area contributed by atoms with Crippen LogP contribution in [-0.2, 0) is 16.6 Å². The van der Waals surface area contributed by atoms with Crippen molar-refractivity contribution in [2.75, 3.05) is 18.8 Å². The molecule has 6 nitrogen and oxygen atoms in total. The van der Waals surface area contributed by atoms with Gasteiger partial charge in [0.05, 0.1) is 5.75 Å². The van der Waals surface area contributed by atoms with Crippen LogP contribution in [0.25, 0.3) is 0 Å². The highest BCUT2D eigenvalue weighted by molar-refractivity contribution is 7.89. The minimum absolute atomic E-state index is 0. The lowest BCUT2D eigenvalue weighted by molar-refractivity contribution is 0.0950. The molecule has 0 fully saturated rings. The molecule has 0 aliphatic rings. The average molecular weight is 364 g/mol. The molecule has 3 N–H and O–H groups in total. The number of likely N-dealkylation sites (N-methyl/N-ethyl adjacent to an activating group) is 1. The highest BCUT2D eigenvalue weighted by Crippen LogP contribution is 2.05. The van der Waals surface area contributed by atoms with Gasteiger partial charge in [-0.1, -0.05) is 19.1 Å². The van der Waals surface area contributed by atoms with E-state index in [1.807, 2.05) is 13.8 Å². The number of amides is 1. The maximum Gasteiger partial charge on any atom is 0.251 e. The highest BCUT2D eigenvalue weighted by atomic mass is 35.5. The van der Waals surface area contributed by atoms with Crippen molar-refractivity contribution in [1.29, 1.82) is 0 Å². The second-order valence-electron chi connectivity index (χ2n) is 5.09. The Morgan fingerprint density at radius 2 is 1.78 bits per heavy atom. The maximum atomic E-state index is 12.0. The van der Waals surface area contributed by atoms with Crippen LogP contribution in [0.3, 0.4) is 0 Å². The fourth-order valence-corrected chi connectivity index (χ4v) is 2.43. The van der Waals surface area contributed by atoms with E-state index in [-0.39, 0.29) is 36.7 Å². The van der Waals surface area contributed by atoms with Crippen LogP contribution in [0.4, 0.5) is 0 Å². The lowest BCUT2D eigenvalue weighted by atomic mass is 10.1. The maximum absolute atomic E-state index is 12.0. The first-order valence-electron chi connectivity index (χ1n) is 7.45. The van der Waals surface area contributed by atoms with Crippen LogP contribution in [0, 0.1) is 0 Å². The number of hydrogen-bond acceptors (Lipinski definition) is 4. The summed E-state index contributed by atoms with van der Waals surface area (Å²) in [5.74, 6) is -0.0808. The Labute approximate surface area is 144 Å². The lowest BCUT2D eigenvalue weighted by Gasteiger charge is -2.13. The van der Waals surface area contributed by atoms with Crippen molar-refractivity contribution in [1.82, 2.24) is 15.4 Å². The Balaban J connectivity index is 0.00000484. The molecule has 1 atom stereocenters. The van der Waals surface area contributed by atoms with Crippen molar-refractivity contribution in [2.45, 2.75) is 33.4 Å². The molecule has 23 heavy (non-hydrogen) atoms. The zero-order chi connectivity index (χ0) is 16.6. The number of nitrogens with one attached hydrogen (secondary N) is 3. The third-order valence-corrected chi connectivity index (χ3v) is 4.56. The Hall–Kier alpha value is -1.15. The molecule has 132 valence electrons. The molecule has 1 rings (SSSR count). The minimum Gasteiger partial charge on any atom is -0.350 e. The van der Waals surface area contributed by atoms with Crippen LogP contribution in [0.1, 0.15) is 36.7 Å². The third-order valence-electron chi connectivity index (χ3n) is 3.21. The van der Waals surface area contributed by atoms with Crippen molar-refractivity contribution >= 4 is 28.3 Å². The van der Waals surface area contributed by atoms with Gasteiger partial charge >= 0.3 is 0 Å². The van der Waals surface area contributed by atoms with Crippen LogP contribution in [0.15, 0.2) is 24.3 Å². The van der Waals surface area contributed by atoms with Gasteiger partial charge in [0.25, 0.3) is 5.91 Å². The molecule has 1 aromatic carbocycles. The molecule has 0 aliphatic heterocycles. The summed E-state index contributed by atoms with van der Waals surface area (Å²) in [6, 6.07) is 7.12. The predicted octanol–water partition coefficient (Wildman–Crippen LogP) is 1.28. The molecule has 0 saturated carbocycles. The van der Waals surface area contributed by atoms with Gasteiger partial charge in [-0.2, -0.15) is 0 Å². The van der Waals surface area contributed by atoms with E-state index in [0.717, 1.165) is 12.1 Å². The number of rotatable bonds is 9. The van der Waals surface area contributed by atoms with Crippen LogP contribution in [0.2, 0.25) is 0 Å². The van der Waals surface area contributed by atoms with E-state index in [4.69, 9.17) is 0 Å². The van der Waals surface area contributed by atoms with E-state index < -0.39 is 10.0 Å². The fraction of sp³-hybridized carbons (Fsp3) is 0.533. The first kappa shape index (κ1) is 21.9. The summed E-state index contributed by atoms with van der Waals surface area (Å²) in [4.78, 5) is 12.0. The van der Waals surface area contributed by atoms with Crippen molar-refractivity contribution < 1.29 is 13.2 Å². The fourth-order valence-electron chi connectivity index (χ4n) is 1.84. The largest absolute Gasteiger partial charge is 0.350 e. The first-order valence-corrected chi connectivity index (χ1v) is 9.11. The Kier molecular flexibility index (Phi) is 10.1. The second kappa shape index (κ2) is 10.6. The highest BCUT2D eigenvalue weighted by Gasteiger charge is 2.09. The van der Waals surface area contributed by atoms with Crippen LogP contribution in [0.5, 0.6) is 0 Å². The quantitative estimate of drug-likeness (QED) is 0.616. The van der Waals surface area contributed by atoms with Crippen LogP contribution in [-0.4, -0.2) is 39.2 Å². The van der Waals surface area contributed by atoms with Gasteiger partial charge in [-0.3, -0.25) is 4.79 Å². The number of hydrogen-bond donors (Lipinski definition) is 3. The third kappa shape index (κ3) is 8.31. The zero-order valence-corrected chi connectivity index (χ0v) is 15.4. The summed E-state index contributed by atoms with van der Waals surface area (Å²) >= 11 is 0. The topological polar surface area (TPSA) is 87.3 Å². The molecule has 1 aromatic rings. The van der Waals surface area contributed by atoms with Gasteiger partial charge in [-0.15, -0.1) is 12.4 Å². The van der Waals surface area contributed by atoms with Crippen LogP contribution < -0.4 is 15.4 Å². The molecule has 0 unspecified atom stereocenters. The van der Waals surface area contributed by atoms with E-state index in [1.165, 1.54) is 0 Å². The van der Waals surface area contributed by atoms with Crippen molar-refractivity contribution in [3.63, 3.8) is 0 Å². The Bertz CT molecular complexity index is 576. The standard InChI is InChI=1S/C15H25N3O3S.ClH/c1-4-16-12(3)10-17-15(19)14-8-6-13(7-9-14)11-18-22(20,21)5-2;/h6-9,12,16,18H,4-5,10-11H2,1-3H3,(H,17,19);1H/t12-;/m1./s1. The summed E-state index contributed by atoms with van der Waals surface area (Å²) in [6.07, 6.45) is 0. The van der Waals surface area contributed by atoms with Gasteiger partial charge in [-0.25, -0.2) is 13.1 Å². The van der Waals surface area contributed by atoms with Crippen molar-refractivity contribution in [3.05, 3.63) is 35.4 Å². The van der Waals surface area contributed by atoms with Crippen LogP contribution >= 0.6 is 12.4 Å². The number of sulfonamides is 1. The molecule has 0 aromatic heterocycles. The SMILES string of the molecule is CCN[C@H](C)CNC(=O)c1ccc(CNS(=O)(=O)CC)cc1.Cl. The van der Waals surface area contributed by atoms with E-state index in [9.17, 15) is 13.2 Å². The lowest BCUT2D eigenvalue weighted by Crippen LogP contribution is -2.38. The number of carbonyl (C=O) groups is 1. The molecule has 1 amide bonds. The first-order chi connectivity index (χ1) is 10.4.